The molecule has 0 aliphatic carbocycles. The van der Waals surface area contributed by atoms with Crippen molar-refractivity contribution in [2.24, 2.45) is 0 Å². The van der Waals surface area contributed by atoms with Gasteiger partial charge in [0.1, 0.15) is 28.8 Å². The van der Waals surface area contributed by atoms with Gasteiger partial charge in [0, 0.05) is 74.6 Å². The van der Waals surface area contributed by atoms with Gasteiger partial charge in [0.25, 0.3) is 11.8 Å². The lowest BCUT2D eigenvalue weighted by atomic mass is 9.99. The van der Waals surface area contributed by atoms with Gasteiger partial charge >= 0.3 is 0 Å². The molecule has 0 atom stereocenters. The highest BCUT2D eigenvalue weighted by Crippen LogP contribution is 2.48. The Morgan fingerprint density at radius 2 is 1.00 bits per heavy atom. The number of benzene rings is 6. The molecule has 0 bridgehead atoms. The van der Waals surface area contributed by atoms with Crippen molar-refractivity contribution in [2.75, 3.05) is 35.2 Å². The van der Waals surface area contributed by atoms with Gasteiger partial charge in [-0.05, 0) is 70.8 Å². The van der Waals surface area contributed by atoms with Gasteiger partial charge in [-0.1, -0.05) is 84.9 Å². The van der Waals surface area contributed by atoms with E-state index in [2.05, 4.69) is 9.97 Å². The van der Waals surface area contributed by atoms with E-state index in [9.17, 15) is 40.3 Å². The topological polar surface area (TPSA) is 171 Å². The molecule has 71 heavy (non-hydrogen) atoms. The molecule has 8 aromatic rings. The lowest BCUT2D eigenvalue weighted by Crippen LogP contribution is -2.26. The molecule has 2 amide bonds. The SMILES string of the molecule is CN(c1c2c(c(O)c3ncccc13)C(=O)N(Cc1ccc(F)cc1)C2)S(C)(=O)=O.CN(c1c2c(c(OC(c3ccccc3)c3ccccc3)c3ncccc13)C(=O)N(Cc1ccc(F)cc1)C2)S(C)(=O)=O. The number of hydrogen-bond acceptors (Lipinski definition) is 10. The molecule has 0 saturated heterocycles. The standard InChI is InChI=1S/C33H28FN3O4S.C20H18FN3O4S/c1-36(42(2,39)40)30-26-14-9-19-35-29(26)32(41-31(23-10-5-3-6-11-23)24-12-7-4-8-13-24)28-27(30)21-37(33(28)38)20-22-15-17-25(34)18-16-22;1-23(29(2,27)28)18-14-4-3-9-22-17(14)19(25)16-15(18)11-24(20(16)26)10-12-5-7-13(21)8-6-12/h3-19,31H,20-21H2,1-2H3;3-9,25H,10-11H2,1-2H3. The minimum Gasteiger partial charge on any atom is -0.505 e. The summed E-state index contributed by atoms with van der Waals surface area (Å²) in [5, 5.41) is 11.7. The van der Waals surface area contributed by atoms with Gasteiger partial charge in [0.15, 0.2) is 11.5 Å². The number of phenolic OH excluding ortho intramolecular Hbond substituents is 1. The lowest BCUT2D eigenvalue weighted by molar-refractivity contribution is 0.0756. The van der Waals surface area contributed by atoms with Crippen LogP contribution in [0.15, 0.2) is 146 Å². The number of aromatic hydroxyl groups is 1. The maximum atomic E-state index is 14.2. The summed E-state index contributed by atoms with van der Waals surface area (Å²) in [4.78, 5) is 39.1. The average Bonchev–Trinajstić information content (AvgIpc) is 3.85. The number of rotatable bonds is 12. The predicted octanol–water partition coefficient (Wildman–Crippen LogP) is 8.73. The molecule has 6 aromatic carbocycles. The molecule has 0 saturated carbocycles. The number of aromatic nitrogens is 2. The second kappa shape index (κ2) is 19.1. The van der Waals surface area contributed by atoms with Crippen molar-refractivity contribution < 1.29 is 45.0 Å². The number of carbonyl (C=O) groups excluding carboxylic acids is 2. The molecule has 0 unspecified atom stereocenters. The van der Waals surface area contributed by atoms with Crippen LogP contribution in [0.1, 0.15) is 60.2 Å². The van der Waals surface area contributed by atoms with E-state index in [4.69, 9.17) is 4.74 Å². The van der Waals surface area contributed by atoms with Crippen molar-refractivity contribution in [3.63, 3.8) is 0 Å². The van der Waals surface area contributed by atoms with Crippen LogP contribution in [0.2, 0.25) is 0 Å². The number of anilines is 2. The van der Waals surface area contributed by atoms with Crippen molar-refractivity contribution in [3.8, 4) is 11.5 Å². The van der Waals surface area contributed by atoms with Crippen LogP contribution in [0, 0.1) is 11.6 Å². The summed E-state index contributed by atoms with van der Waals surface area (Å²) in [5.41, 5.74) is 5.74. The van der Waals surface area contributed by atoms with Crippen LogP contribution in [0.5, 0.6) is 11.5 Å². The number of ether oxygens (including phenoxy) is 1. The molecule has 1 N–H and O–H groups in total. The summed E-state index contributed by atoms with van der Waals surface area (Å²) in [5.74, 6) is -1.48. The fourth-order valence-corrected chi connectivity index (χ4v) is 10.1. The number of amides is 2. The van der Waals surface area contributed by atoms with E-state index in [0.29, 0.717) is 44.4 Å². The molecular weight excluding hydrogens is 951 g/mol. The molecular formula is C53H46F2N6O8S2. The normalized spacial score (nSPS) is 13.3. The van der Waals surface area contributed by atoms with E-state index in [1.54, 1.807) is 59.6 Å². The van der Waals surface area contributed by atoms with Gasteiger partial charge in [0.05, 0.1) is 35.0 Å². The van der Waals surface area contributed by atoms with E-state index in [0.717, 1.165) is 33.5 Å². The molecule has 0 spiro atoms. The summed E-state index contributed by atoms with van der Waals surface area (Å²) < 4.78 is 86.1. The first kappa shape index (κ1) is 48.1. The highest BCUT2D eigenvalue weighted by molar-refractivity contribution is 7.92. The first-order chi connectivity index (χ1) is 33.9. The van der Waals surface area contributed by atoms with Crippen LogP contribution >= 0.6 is 0 Å². The van der Waals surface area contributed by atoms with Gasteiger partial charge in [0.2, 0.25) is 20.0 Å². The Morgan fingerprint density at radius 3 is 1.45 bits per heavy atom. The molecule has 2 aliphatic rings. The quantitative estimate of drug-likeness (QED) is 0.125. The Morgan fingerprint density at radius 1 is 0.592 bits per heavy atom. The third-order valence-corrected chi connectivity index (χ3v) is 14.9. The molecule has 0 radical (unpaired) electrons. The van der Waals surface area contributed by atoms with Gasteiger partial charge < -0.3 is 19.6 Å². The Kier molecular flexibility index (Phi) is 12.9. The fourth-order valence-electron chi connectivity index (χ4n) is 8.99. The summed E-state index contributed by atoms with van der Waals surface area (Å²) >= 11 is 0. The van der Waals surface area contributed by atoms with Crippen LogP contribution in [0.3, 0.4) is 0 Å². The predicted molar refractivity (Wildman–Crippen MR) is 267 cm³/mol. The molecule has 18 heteroatoms. The Labute approximate surface area is 409 Å². The van der Waals surface area contributed by atoms with Crippen LogP contribution in [0.4, 0.5) is 20.2 Å². The largest absolute Gasteiger partial charge is 0.505 e. The maximum Gasteiger partial charge on any atom is 0.258 e. The molecule has 2 aromatic heterocycles. The Balaban J connectivity index is 0.000000188. The number of carbonyl (C=O) groups is 2. The summed E-state index contributed by atoms with van der Waals surface area (Å²) in [6, 6.07) is 37.9. The second-order valence-corrected chi connectivity index (χ2v) is 21.3. The highest BCUT2D eigenvalue weighted by Gasteiger charge is 2.40. The summed E-state index contributed by atoms with van der Waals surface area (Å²) in [7, 11) is -4.45. The summed E-state index contributed by atoms with van der Waals surface area (Å²) in [6.07, 6.45) is 4.69. The van der Waals surface area contributed by atoms with Crippen LogP contribution in [0.25, 0.3) is 21.8 Å². The molecule has 4 heterocycles. The second-order valence-electron chi connectivity index (χ2n) is 17.2. The summed E-state index contributed by atoms with van der Waals surface area (Å²) in [6.45, 7) is 0.654. The van der Waals surface area contributed by atoms with E-state index >= 15 is 0 Å². The van der Waals surface area contributed by atoms with Crippen molar-refractivity contribution in [3.05, 3.63) is 202 Å². The third-order valence-electron chi connectivity index (χ3n) is 12.5. The Bertz CT molecular complexity index is 3550. The van der Waals surface area contributed by atoms with Crippen LogP contribution in [-0.2, 0) is 46.2 Å². The fraction of sp³-hybridized carbons (Fsp3) is 0.170. The van der Waals surface area contributed by atoms with Crippen molar-refractivity contribution in [1.82, 2.24) is 19.8 Å². The molecule has 10 rings (SSSR count). The smallest absolute Gasteiger partial charge is 0.258 e. The zero-order chi connectivity index (χ0) is 50.4. The molecule has 2 aliphatic heterocycles. The first-order valence-electron chi connectivity index (χ1n) is 22.2. The average molecular weight is 997 g/mol. The van der Waals surface area contributed by atoms with Crippen LogP contribution < -0.4 is 13.3 Å². The van der Waals surface area contributed by atoms with Gasteiger partial charge in [-0.2, -0.15) is 0 Å². The third kappa shape index (κ3) is 9.43. The number of pyridine rings is 2. The van der Waals surface area contributed by atoms with E-state index in [-0.39, 0.29) is 71.9 Å². The van der Waals surface area contributed by atoms with E-state index < -0.39 is 32.1 Å². The molecule has 362 valence electrons. The zero-order valence-electron chi connectivity index (χ0n) is 38.8. The van der Waals surface area contributed by atoms with E-state index in [1.165, 1.54) is 53.8 Å². The van der Waals surface area contributed by atoms with Gasteiger partial charge in [-0.25, -0.2) is 25.6 Å². The zero-order valence-corrected chi connectivity index (χ0v) is 40.5. The molecule has 14 nitrogen and oxygen atoms in total. The van der Waals surface area contributed by atoms with Gasteiger partial charge in [-0.3, -0.25) is 28.2 Å². The maximum absolute atomic E-state index is 14.2. The highest BCUT2D eigenvalue weighted by atomic mass is 32.2. The number of phenols is 1. The van der Waals surface area contributed by atoms with Crippen molar-refractivity contribution >= 4 is 65.0 Å². The van der Waals surface area contributed by atoms with E-state index in [1.807, 2.05) is 60.7 Å². The number of hydrogen-bond donors (Lipinski definition) is 1. The number of halogens is 2. The number of sulfonamides is 2. The van der Waals surface area contributed by atoms with Crippen LogP contribution in [-0.4, -0.2) is 80.1 Å². The van der Waals surface area contributed by atoms with Gasteiger partial charge in [-0.15, -0.1) is 0 Å². The molecule has 0 fully saturated rings. The van der Waals surface area contributed by atoms with Crippen molar-refractivity contribution in [1.29, 1.82) is 0 Å². The Hall–Kier alpha value is -7.96. The first-order valence-corrected chi connectivity index (χ1v) is 25.9. The minimum absolute atomic E-state index is 0.0452. The minimum atomic E-state index is -3.70. The number of fused-ring (bicyclic) bond motifs is 4. The lowest BCUT2D eigenvalue weighted by Gasteiger charge is -2.26. The number of nitrogens with zero attached hydrogens (tertiary/aromatic N) is 6. The van der Waals surface area contributed by atoms with Crippen molar-refractivity contribution in [2.45, 2.75) is 32.3 Å². The monoisotopic (exact) mass is 996 g/mol.